The van der Waals surface area contributed by atoms with Crippen molar-refractivity contribution < 1.29 is 14.3 Å². The molecule has 2 aliphatic rings. The Hall–Kier alpha value is -2.01. The van der Waals surface area contributed by atoms with E-state index in [2.05, 4.69) is 16.7 Å². The van der Waals surface area contributed by atoms with E-state index in [4.69, 9.17) is 9.47 Å². The van der Waals surface area contributed by atoms with Crippen molar-refractivity contribution in [1.82, 2.24) is 10.6 Å². The Labute approximate surface area is 124 Å². The quantitative estimate of drug-likeness (QED) is 0.824. The van der Waals surface area contributed by atoms with Gasteiger partial charge in [-0.05, 0) is 37.6 Å². The summed E-state index contributed by atoms with van der Waals surface area (Å²) >= 11 is 0. The summed E-state index contributed by atoms with van der Waals surface area (Å²) in [5.41, 5.74) is 2.02. The number of carbonyl (C=O) groups is 1. The van der Waals surface area contributed by atoms with Gasteiger partial charge in [-0.15, -0.1) is 0 Å². The molecule has 0 fully saturated rings. The van der Waals surface area contributed by atoms with Gasteiger partial charge in [0.25, 0.3) is 5.91 Å². The van der Waals surface area contributed by atoms with Gasteiger partial charge in [0.1, 0.15) is 13.2 Å². The Bertz CT molecular complexity index is 554. The second-order valence-corrected chi connectivity index (χ2v) is 5.18. The lowest BCUT2D eigenvalue weighted by molar-refractivity contribution is 0.0953. The minimum absolute atomic E-state index is 0.0680. The normalized spacial score (nSPS) is 17.0. The molecule has 2 heterocycles. The highest BCUT2D eigenvalue weighted by Gasteiger charge is 2.14. The van der Waals surface area contributed by atoms with E-state index in [1.165, 1.54) is 5.57 Å². The Morgan fingerprint density at radius 1 is 1.24 bits per heavy atom. The molecule has 2 aliphatic heterocycles. The van der Waals surface area contributed by atoms with Crippen molar-refractivity contribution in [3.05, 3.63) is 35.4 Å². The number of hydrogen-bond donors (Lipinski definition) is 2. The largest absolute Gasteiger partial charge is 0.486 e. The van der Waals surface area contributed by atoms with Crippen molar-refractivity contribution in [2.24, 2.45) is 0 Å². The Kier molecular flexibility index (Phi) is 4.40. The van der Waals surface area contributed by atoms with E-state index in [9.17, 15) is 4.79 Å². The van der Waals surface area contributed by atoms with Crippen molar-refractivity contribution >= 4 is 5.91 Å². The summed E-state index contributed by atoms with van der Waals surface area (Å²) < 4.78 is 10.9. The van der Waals surface area contributed by atoms with Gasteiger partial charge in [-0.25, -0.2) is 0 Å². The standard InChI is InChI=1S/C16H20N2O3/c19-16(18-8-5-12-3-6-17-7-4-12)13-1-2-14-15(11-13)21-10-9-20-14/h1-3,11,17H,4-10H2,(H,18,19). The van der Waals surface area contributed by atoms with Gasteiger partial charge < -0.3 is 20.1 Å². The molecule has 1 aromatic carbocycles. The van der Waals surface area contributed by atoms with Crippen LogP contribution in [0.25, 0.3) is 0 Å². The maximum Gasteiger partial charge on any atom is 0.251 e. The first-order valence-electron chi connectivity index (χ1n) is 7.39. The molecule has 21 heavy (non-hydrogen) atoms. The average molecular weight is 288 g/mol. The van der Waals surface area contributed by atoms with E-state index in [-0.39, 0.29) is 5.91 Å². The van der Waals surface area contributed by atoms with Gasteiger partial charge in [0.2, 0.25) is 0 Å². The topological polar surface area (TPSA) is 59.6 Å². The lowest BCUT2D eigenvalue weighted by atomic mass is 10.1. The SMILES string of the molecule is O=C(NCCC1=CCNCC1)c1ccc2c(c1)OCCO2. The number of hydrogen-bond acceptors (Lipinski definition) is 4. The highest BCUT2D eigenvalue weighted by Crippen LogP contribution is 2.30. The molecule has 0 bridgehead atoms. The average Bonchev–Trinajstić information content (AvgIpc) is 2.55. The van der Waals surface area contributed by atoms with Crippen LogP contribution in [0.2, 0.25) is 0 Å². The van der Waals surface area contributed by atoms with Crippen LogP contribution >= 0.6 is 0 Å². The minimum atomic E-state index is -0.0680. The summed E-state index contributed by atoms with van der Waals surface area (Å²) in [6.45, 7) is 3.72. The molecule has 5 nitrogen and oxygen atoms in total. The van der Waals surface area contributed by atoms with Crippen LogP contribution in [0.15, 0.2) is 29.8 Å². The second-order valence-electron chi connectivity index (χ2n) is 5.18. The monoisotopic (exact) mass is 288 g/mol. The smallest absolute Gasteiger partial charge is 0.251 e. The summed E-state index contributed by atoms with van der Waals surface area (Å²) in [5, 5.41) is 6.24. The summed E-state index contributed by atoms with van der Waals surface area (Å²) in [5.74, 6) is 1.29. The van der Waals surface area contributed by atoms with Gasteiger partial charge in [-0.1, -0.05) is 11.6 Å². The molecule has 0 aliphatic carbocycles. The number of amides is 1. The number of carbonyl (C=O) groups excluding carboxylic acids is 1. The van der Waals surface area contributed by atoms with Crippen LogP contribution in [0.4, 0.5) is 0 Å². The van der Waals surface area contributed by atoms with Crippen LogP contribution in [-0.4, -0.2) is 38.8 Å². The van der Waals surface area contributed by atoms with Crippen LogP contribution in [0.3, 0.4) is 0 Å². The van der Waals surface area contributed by atoms with Crippen molar-refractivity contribution in [1.29, 1.82) is 0 Å². The summed E-state index contributed by atoms with van der Waals surface area (Å²) in [6.07, 6.45) is 4.19. The molecule has 0 aromatic heterocycles. The van der Waals surface area contributed by atoms with Crippen molar-refractivity contribution in [2.75, 3.05) is 32.8 Å². The fraction of sp³-hybridized carbons (Fsp3) is 0.438. The molecular weight excluding hydrogens is 268 g/mol. The molecule has 0 atom stereocenters. The number of ether oxygens (including phenoxy) is 2. The van der Waals surface area contributed by atoms with Crippen molar-refractivity contribution in [3.8, 4) is 11.5 Å². The van der Waals surface area contributed by atoms with Gasteiger partial charge in [-0.3, -0.25) is 4.79 Å². The fourth-order valence-corrected chi connectivity index (χ4v) is 2.52. The van der Waals surface area contributed by atoms with E-state index in [1.807, 2.05) is 0 Å². The second kappa shape index (κ2) is 6.63. The molecule has 5 heteroatoms. The summed E-state index contributed by atoms with van der Waals surface area (Å²) in [4.78, 5) is 12.1. The predicted molar refractivity (Wildman–Crippen MR) is 80.0 cm³/mol. The van der Waals surface area contributed by atoms with Gasteiger partial charge in [-0.2, -0.15) is 0 Å². The highest BCUT2D eigenvalue weighted by atomic mass is 16.6. The maximum atomic E-state index is 12.1. The van der Waals surface area contributed by atoms with Crippen molar-refractivity contribution in [3.63, 3.8) is 0 Å². The highest BCUT2D eigenvalue weighted by molar-refractivity contribution is 5.94. The van der Waals surface area contributed by atoms with Crippen LogP contribution in [0, 0.1) is 0 Å². The lowest BCUT2D eigenvalue weighted by Crippen LogP contribution is -2.27. The predicted octanol–water partition coefficient (Wildman–Crippen LogP) is 1.50. The van der Waals surface area contributed by atoms with Crippen LogP contribution in [0.5, 0.6) is 11.5 Å². The number of benzene rings is 1. The van der Waals surface area contributed by atoms with E-state index in [0.29, 0.717) is 36.8 Å². The van der Waals surface area contributed by atoms with Gasteiger partial charge >= 0.3 is 0 Å². The third-order valence-electron chi connectivity index (χ3n) is 3.69. The molecule has 0 radical (unpaired) electrons. The molecule has 0 saturated heterocycles. The first kappa shape index (κ1) is 13.9. The molecule has 0 spiro atoms. The molecule has 2 N–H and O–H groups in total. The fourth-order valence-electron chi connectivity index (χ4n) is 2.52. The Morgan fingerprint density at radius 2 is 2.10 bits per heavy atom. The minimum Gasteiger partial charge on any atom is -0.486 e. The van der Waals surface area contributed by atoms with E-state index in [0.717, 1.165) is 25.9 Å². The first-order valence-corrected chi connectivity index (χ1v) is 7.39. The van der Waals surface area contributed by atoms with Crippen LogP contribution < -0.4 is 20.1 Å². The van der Waals surface area contributed by atoms with E-state index in [1.54, 1.807) is 18.2 Å². The molecule has 1 amide bonds. The summed E-state index contributed by atoms with van der Waals surface area (Å²) in [6, 6.07) is 5.30. The van der Waals surface area contributed by atoms with Gasteiger partial charge in [0.15, 0.2) is 11.5 Å². The molecule has 0 saturated carbocycles. The first-order chi connectivity index (χ1) is 10.3. The number of rotatable bonds is 4. The van der Waals surface area contributed by atoms with Crippen LogP contribution in [0.1, 0.15) is 23.2 Å². The zero-order valence-electron chi connectivity index (χ0n) is 12.0. The van der Waals surface area contributed by atoms with Gasteiger partial charge in [0.05, 0.1) is 0 Å². The molecule has 3 rings (SSSR count). The van der Waals surface area contributed by atoms with Crippen LogP contribution in [-0.2, 0) is 0 Å². The van der Waals surface area contributed by atoms with Gasteiger partial charge in [0, 0.05) is 18.7 Å². The third kappa shape index (κ3) is 3.55. The Balaban J connectivity index is 1.54. The van der Waals surface area contributed by atoms with Crippen molar-refractivity contribution in [2.45, 2.75) is 12.8 Å². The van der Waals surface area contributed by atoms with E-state index >= 15 is 0 Å². The lowest BCUT2D eigenvalue weighted by Gasteiger charge is -2.18. The molecule has 1 aromatic rings. The molecule has 112 valence electrons. The maximum absolute atomic E-state index is 12.1. The summed E-state index contributed by atoms with van der Waals surface area (Å²) in [7, 11) is 0. The zero-order chi connectivity index (χ0) is 14.5. The number of nitrogens with one attached hydrogen (secondary N) is 2. The third-order valence-corrected chi connectivity index (χ3v) is 3.69. The molecular formula is C16H20N2O3. The Morgan fingerprint density at radius 3 is 2.90 bits per heavy atom. The molecule has 0 unspecified atom stereocenters. The number of fused-ring (bicyclic) bond motifs is 1. The zero-order valence-corrected chi connectivity index (χ0v) is 12.0. The van der Waals surface area contributed by atoms with E-state index < -0.39 is 0 Å².